The Balaban J connectivity index is 1.37. The van der Waals surface area contributed by atoms with E-state index in [1.54, 1.807) is 12.1 Å². The second kappa shape index (κ2) is 9.00. The molecule has 2 saturated heterocycles. The quantitative estimate of drug-likeness (QED) is 0.747. The van der Waals surface area contributed by atoms with E-state index >= 15 is 0 Å². The minimum Gasteiger partial charge on any atom is -0.381 e. The van der Waals surface area contributed by atoms with Gasteiger partial charge in [-0.3, -0.25) is 4.79 Å². The van der Waals surface area contributed by atoms with Gasteiger partial charge in [-0.05, 0) is 38.3 Å². The standard InChI is InChI=1S/C20H25Cl2N5O2/c1-12-17(26-13-3-6-29-7-4-13)2-5-27(12)19(28)10-23-20-14-8-15(21)16(22)9-18(14)24-11-25-20/h8-9,11-13,17,26H,2-7,10H2,1H3,(H,23,24,25)/t12-,17+/m0/s1. The number of halogens is 2. The lowest BCUT2D eigenvalue weighted by molar-refractivity contribution is -0.130. The topological polar surface area (TPSA) is 79.4 Å². The summed E-state index contributed by atoms with van der Waals surface area (Å²) in [6, 6.07) is 4.38. The Morgan fingerprint density at radius 2 is 1.97 bits per heavy atom. The van der Waals surface area contributed by atoms with E-state index in [2.05, 4.69) is 27.5 Å². The number of benzene rings is 1. The first-order valence-corrected chi connectivity index (χ1v) is 10.8. The van der Waals surface area contributed by atoms with Gasteiger partial charge < -0.3 is 20.3 Å². The van der Waals surface area contributed by atoms with Gasteiger partial charge in [0.1, 0.15) is 12.1 Å². The van der Waals surface area contributed by atoms with Crippen LogP contribution in [0.3, 0.4) is 0 Å². The maximum Gasteiger partial charge on any atom is 0.242 e. The molecule has 9 heteroatoms. The van der Waals surface area contributed by atoms with Crippen LogP contribution in [0.25, 0.3) is 10.9 Å². The van der Waals surface area contributed by atoms with E-state index in [0.717, 1.165) is 44.4 Å². The third-order valence-corrected chi connectivity index (χ3v) is 6.55. The van der Waals surface area contributed by atoms with Gasteiger partial charge in [0.25, 0.3) is 0 Å². The summed E-state index contributed by atoms with van der Waals surface area (Å²) in [7, 11) is 0. The number of anilines is 1. The fourth-order valence-corrected chi connectivity index (χ4v) is 4.46. The predicted molar refractivity (Wildman–Crippen MR) is 115 cm³/mol. The number of carbonyl (C=O) groups is 1. The minimum atomic E-state index is 0.0561. The number of fused-ring (bicyclic) bond motifs is 1. The average molecular weight is 438 g/mol. The van der Waals surface area contributed by atoms with Crippen molar-refractivity contribution in [1.29, 1.82) is 0 Å². The summed E-state index contributed by atoms with van der Waals surface area (Å²) in [6.07, 6.45) is 4.48. The highest BCUT2D eigenvalue weighted by Gasteiger charge is 2.34. The molecule has 0 spiro atoms. The molecular formula is C20H25Cl2N5O2. The van der Waals surface area contributed by atoms with E-state index in [9.17, 15) is 4.79 Å². The van der Waals surface area contributed by atoms with Gasteiger partial charge in [-0.1, -0.05) is 23.2 Å². The van der Waals surface area contributed by atoms with Gasteiger partial charge in [0.15, 0.2) is 0 Å². The van der Waals surface area contributed by atoms with Gasteiger partial charge in [-0.25, -0.2) is 9.97 Å². The Hall–Kier alpha value is -1.67. The maximum atomic E-state index is 12.8. The molecule has 156 valence electrons. The molecule has 1 aromatic carbocycles. The van der Waals surface area contributed by atoms with Crippen LogP contribution < -0.4 is 10.6 Å². The van der Waals surface area contributed by atoms with Crippen molar-refractivity contribution in [3.05, 3.63) is 28.5 Å². The van der Waals surface area contributed by atoms with Crippen LogP contribution >= 0.6 is 23.2 Å². The van der Waals surface area contributed by atoms with Crippen molar-refractivity contribution in [2.45, 2.75) is 44.3 Å². The molecule has 2 aliphatic heterocycles. The molecular weight excluding hydrogens is 413 g/mol. The normalized spacial score (nSPS) is 22.9. The third-order valence-electron chi connectivity index (χ3n) is 5.83. The summed E-state index contributed by atoms with van der Waals surface area (Å²) in [5.74, 6) is 0.631. The molecule has 3 heterocycles. The van der Waals surface area contributed by atoms with Crippen LogP contribution in [0.15, 0.2) is 18.5 Å². The minimum absolute atomic E-state index is 0.0561. The molecule has 29 heavy (non-hydrogen) atoms. The van der Waals surface area contributed by atoms with E-state index in [0.29, 0.717) is 33.5 Å². The molecule has 2 aliphatic rings. The summed E-state index contributed by atoms with van der Waals surface area (Å²) >= 11 is 12.2. The van der Waals surface area contributed by atoms with Gasteiger partial charge in [-0.2, -0.15) is 0 Å². The highest BCUT2D eigenvalue weighted by atomic mass is 35.5. The first-order chi connectivity index (χ1) is 14.0. The Kier molecular flexibility index (Phi) is 6.39. The number of hydrogen-bond donors (Lipinski definition) is 2. The highest BCUT2D eigenvalue weighted by molar-refractivity contribution is 6.42. The van der Waals surface area contributed by atoms with Crippen LogP contribution in [-0.4, -0.2) is 65.2 Å². The third kappa shape index (κ3) is 4.58. The fraction of sp³-hybridized carbons (Fsp3) is 0.550. The Morgan fingerprint density at radius 1 is 1.21 bits per heavy atom. The summed E-state index contributed by atoms with van der Waals surface area (Å²) in [5.41, 5.74) is 0.680. The zero-order valence-electron chi connectivity index (χ0n) is 16.3. The van der Waals surface area contributed by atoms with Crippen molar-refractivity contribution in [3.63, 3.8) is 0 Å². The number of rotatable bonds is 5. The van der Waals surface area contributed by atoms with E-state index in [1.165, 1.54) is 6.33 Å². The van der Waals surface area contributed by atoms with Crippen molar-refractivity contribution in [2.75, 3.05) is 31.6 Å². The van der Waals surface area contributed by atoms with Crippen LogP contribution in [0.5, 0.6) is 0 Å². The Morgan fingerprint density at radius 3 is 2.76 bits per heavy atom. The summed E-state index contributed by atoms with van der Waals surface area (Å²) in [6.45, 7) is 4.67. The van der Waals surface area contributed by atoms with Gasteiger partial charge in [-0.15, -0.1) is 0 Å². The number of amides is 1. The molecule has 2 atom stereocenters. The number of nitrogens with one attached hydrogen (secondary N) is 2. The average Bonchev–Trinajstić information content (AvgIpc) is 3.08. The van der Waals surface area contributed by atoms with Crippen LogP contribution in [0.1, 0.15) is 26.2 Å². The fourth-order valence-electron chi connectivity index (χ4n) is 4.13. The van der Waals surface area contributed by atoms with Crippen LogP contribution in [0, 0.1) is 0 Å². The van der Waals surface area contributed by atoms with E-state index in [1.807, 2.05) is 4.90 Å². The van der Waals surface area contributed by atoms with Crippen molar-refractivity contribution < 1.29 is 9.53 Å². The smallest absolute Gasteiger partial charge is 0.242 e. The lowest BCUT2D eigenvalue weighted by atomic mass is 10.0. The summed E-state index contributed by atoms with van der Waals surface area (Å²) < 4.78 is 5.43. The van der Waals surface area contributed by atoms with Gasteiger partial charge in [0.05, 0.1) is 22.1 Å². The van der Waals surface area contributed by atoms with Crippen LogP contribution in [0.4, 0.5) is 5.82 Å². The first-order valence-electron chi connectivity index (χ1n) is 10.00. The highest BCUT2D eigenvalue weighted by Crippen LogP contribution is 2.29. The first kappa shape index (κ1) is 20.6. The molecule has 0 unspecified atom stereocenters. The summed E-state index contributed by atoms with van der Waals surface area (Å²) in [4.78, 5) is 23.3. The molecule has 0 radical (unpaired) electrons. The lowest BCUT2D eigenvalue weighted by Gasteiger charge is -2.30. The van der Waals surface area contributed by atoms with Gasteiger partial charge in [0, 0.05) is 43.3 Å². The van der Waals surface area contributed by atoms with Crippen molar-refractivity contribution in [3.8, 4) is 0 Å². The second-order valence-electron chi connectivity index (χ2n) is 7.64. The molecule has 0 saturated carbocycles. The SMILES string of the molecule is C[C@H]1[C@H](NC2CCOCC2)CCN1C(=O)CNc1ncnc2cc(Cl)c(Cl)cc12. The molecule has 0 aliphatic carbocycles. The van der Waals surface area contributed by atoms with Gasteiger partial charge in [0.2, 0.25) is 5.91 Å². The largest absolute Gasteiger partial charge is 0.381 e. The molecule has 7 nitrogen and oxygen atoms in total. The summed E-state index contributed by atoms with van der Waals surface area (Å²) in [5, 5.41) is 8.47. The van der Waals surface area contributed by atoms with Crippen molar-refractivity contribution >= 4 is 45.8 Å². The molecule has 2 fully saturated rings. The molecule has 1 amide bonds. The van der Waals surface area contributed by atoms with E-state index in [-0.39, 0.29) is 18.5 Å². The number of ether oxygens (including phenoxy) is 1. The second-order valence-corrected chi connectivity index (χ2v) is 8.45. The van der Waals surface area contributed by atoms with E-state index < -0.39 is 0 Å². The van der Waals surface area contributed by atoms with Crippen molar-refractivity contribution in [2.24, 2.45) is 0 Å². The lowest BCUT2D eigenvalue weighted by Crippen LogP contribution is -2.48. The van der Waals surface area contributed by atoms with Crippen LogP contribution in [-0.2, 0) is 9.53 Å². The van der Waals surface area contributed by atoms with Gasteiger partial charge >= 0.3 is 0 Å². The van der Waals surface area contributed by atoms with Crippen LogP contribution in [0.2, 0.25) is 10.0 Å². The monoisotopic (exact) mass is 437 g/mol. The van der Waals surface area contributed by atoms with Crippen molar-refractivity contribution in [1.82, 2.24) is 20.2 Å². The predicted octanol–water partition coefficient (Wildman–Crippen LogP) is 3.11. The molecule has 1 aromatic heterocycles. The number of carbonyl (C=O) groups excluding carboxylic acids is 1. The Labute approximate surface area is 180 Å². The zero-order valence-corrected chi connectivity index (χ0v) is 17.8. The molecule has 2 N–H and O–H groups in total. The van der Waals surface area contributed by atoms with E-state index in [4.69, 9.17) is 27.9 Å². The molecule has 4 rings (SSSR count). The number of likely N-dealkylation sites (tertiary alicyclic amines) is 1. The number of nitrogens with zero attached hydrogens (tertiary/aromatic N) is 3. The molecule has 2 aromatic rings. The molecule has 0 bridgehead atoms. The number of aromatic nitrogens is 2. The maximum absolute atomic E-state index is 12.8. The number of hydrogen-bond acceptors (Lipinski definition) is 6. The zero-order chi connectivity index (χ0) is 20.4. The Bertz CT molecular complexity index is 891.